The van der Waals surface area contributed by atoms with Crippen LogP contribution < -0.4 is 4.74 Å². The summed E-state index contributed by atoms with van der Waals surface area (Å²) in [6, 6.07) is 10.6. The lowest BCUT2D eigenvalue weighted by Gasteiger charge is -2.15. The number of hydrogen-bond donors (Lipinski definition) is 0. The van der Waals surface area contributed by atoms with Crippen LogP contribution in [0.5, 0.6) is 5.75 Å². The van der Waals surface area contributed by atoms with Crippen LogP contribution in [0.2, 0.25) is 5.02 Å². The average Bonchev–Trinajstić information content (AvgIpc) is 2.41. The van der Waals surface area contributed by atoms with E-state index in [1.807, 2.05) is 18.2 Å². The van der Waals surface area contributed by atoms with Gasteiger partial charge < -0.3 is 4.74 Å². The van der Waals surface area contributed by atoms with Crippen LogP contribution >= 0.6 is 27.5 Å². The van der Waals surface area contributed by atoms with Crippen LogP contribution in [0.4, 0.5) is 4.39 Å². The van der Waals surface area contributed by atoms with E-state index in [1.165, 1.54) is 6.07 Å². The molecule has 20 heavy (non-hydrogen) atoms. The predicted molar refractivity (Wildman–Crippen MR) is 84.0 cm³/mol. The first-order chi connectivity index (χ1) is 9.49. The quantitative estimate of drug-likeness (QED) is 0.657. The van der Waals surface area contributed by atoms with Crippen LogP contribution in [0.25, 0.3) is 0 Å². The summed E-state index contributed by atoms with van der Waals surface area (Å²) in [5.74, 6) is 0.710. The normalized spacial score (nSPS) is 10.9. The third kappa shape index (κ3) is 3.53. The van der Waals surface area contributed by atoms with Gasteiger partial charge in [0, 0.05) is 10.0 Å². The van der Waals surface area contributed by atoms with E-state index < -0.39 is 5.82 Å². The van der Waals surface area contributed by atoms with E-state index >= 15 is 0 Å². The van der Waals surface area contributed by atoms with Gasteiger partial charge in [0.1, 0.15) is 18.2 Å². The second kappa shape index (κ2) is 6.59. The van der Waals surface area contributed by atoms with Gasteiger partial charge in [-0.1, -0.05) is 53.5 Å². The Morgan fingerprint density at radius 3 is 2.70 bits per heavy atom. The molecule has 0 saturated heterocycles. The van der Waals surface area contributed by atoms with Gasteiger partial charge >= 0.3 is 0 Å². The van der Waals surface area contributed by atoms with Gasteiger partial charge in [0.2, 0.25) is 0 Å². The van der Waals surface area contributed by atoms with E-state index in [0.29, 0.717) is 11.5 Å². The zero-order valence-corrected chi connectivity index (χ0v) is 13.6. The second-order valence-corrected chi connectivity index (χ2v) is 6.13. The first-order valence-electron chi connectivity index (χ1n) is 6.34. The van der Waals surface area contributed by atoms with Gasteiger partial charge in [-0.25, -0.2) is 4.39 Å². The molecule has 0 fully saturated rings. The minimum Gasteiger partial charge on any atom is -0.489 e. The Morgan fingerprint density at radius 1 is 1.25 bits per heavy atom. The van der Waals surface area contributed by atoms with Crippen molar-refractivity contribution in [3.63, 3.8) is 0 Å². The lowest BCUT2D eigenvalue weighted by atomic mass is 10.0. The van der Waals surface area contributed by atoms with Crippen molar-refractivity contribution < 1.29 is 9.13 Å². The molecule has 0 aliphatic heterocycles. The number of hydrogen-bond acceptors (Lipinski definition) is 1. The number of rotatable bonds is 4. The van der Waals surface area contributed by atoms with Gasteiger partial charge in [0.15, 0.2) is 0 Å². The maximum absolute atomic E-state index is 13.4. The topological polar surface area (TPSA) is 9.23 Å². The molecule has 0 spiro atoms. The van der Waals surface area contributed by atoms with Crippen LogP contribution in [0.1, 0.15) is 30.9 Å². The monoisotopic (exact) mass is 356 g/mol. The maximum Gasteiger partial charge on any atom is 0.142 e. The summed E-state index contributed by atoms with van der Waals surface area (Å²) in [7, 11) is 0. The first-order valence-corrected chi connectivity index (χ1v) is 7.51. The molecular weight excluding hydrogens is 343 g/mol. The predicted octanol–water partition coefficient (Wildman–Crippen LogP) is 5.94. The summed E-state index contributed by atoms with van der Waals surface area (Å²) < 4.78 is 20.2. The Labute approximate surface area is 131 Å². The van der Waals surface area contributed by atoms with Gasteiger partial charge in [0.05, 0.1) is 5.02 Å². The van der Waals surface area contributed by atoms with Crippen LogP contribution in [-0.2, 0) is 6.61 Å². The number of benzene rings is 2. The largest absolute Gasteiger partial charge is 0.489 e. The lowest BCUT2D eigenvalue weighted by Crippen LogP contribution is -2.01. The van der Waals surface area contributed by atoms with Crippen molar-refractivity contribution in [1.82, 2.24) is 0 Å². The molecular formula is C16H15BrClFO. The van der Waals surface area contributed by atoms with Crippen molar-refractivity contribution in [2.45, 2.75) is 26.4 Å². The molecule has 0 atom stereocenters. The molecule has 106 valence electrons. The van der Waals surface area contributed by atoms with Crippen molar-refractivity contribution in [2.75, 3.05) is 0 Å². The van der Waals surface area contributed by atoms with E-state index in [2.05, 4.69) is 29.8 Å². The molecule has 0 radical (unpaired) electrons. The van der Waals surface area contributed by atoms with Crippen LogP contribution in [0, 0.1) is 5.82 Å². The molecule has 0 amide bonds. The Hall–Kier alpha value is -1.06. The molecule has 0 unspecified atom stereocenters. The van der Waals surface area contributed by atoms with Crippen molar-refractivity contribution in [3.05, 3.63) is 62.8 Å². The highest BCUT2D eigenvalue weighted by Gasteiger charge is 2.11. The standard InChI is InChI=1S/C16H15BrClFO/c1-10(2)13-8-12(17)6-7-15(13)20-9-11-4-3-5-14(19)16(11)18/h3-8,10H,9H2,1-2H3. The third-order valence-electron chi connectivity index (χ3n) is 3.01. The Bertz CT molecular complexity index is 613. The highest BCUT2D eigenvalue weighted by molar-refractivity contribution is 9.10. The molecule has 0 aliphatic rings. The zero-order chi connectivity index (χ0) is 14.7. The van der Waals surface area contributed by atoms with E-state index in [1.54, 1.807) is 12.1 Å². The molecule has 2 aromatic rings. The summed E-state index contributed by atoms with van der Waals surface area (Å²) >= 11 is 9.38. The zero-order valence-electron chi connectivity index (χ0n) is 11.3. The number of ether oxygens (including phenoxy) is 1. The highest BCUT2D eigenvalue weighted by Crippen LogP contribution is 2.30. The summed E-state index contributed by atoms with van der Waals surface area (Å²) in [5, 5.41) is 0.121. The Kier molecular flexibility index (Phi) is 5.06. The molecule has 0 aromatic heterocycles. The molecule has 0 bridgehead atoms. The average molecular weight is 358 g/mol. The maximum atomic E-state index is 13.4. The minimum atomic E-state index is -0.423. The minimum absolute atomic E-state index is 0.121. The van der Waals surface area contributed by atoms with E-state index in [9.17, 15) is 4.39 Å². The molecule has 4 heteroatoms. The molecule has 0 aliphatic carbocycles. The summed E-state index contributed by atoms with van der Waals surface area (Å²) in [6.45, 7) is 4.45. The van der Waals surface area contributed by atoms with Crippen molar-refractivity contribution in [1.29, 1.82) is 0 Å². The van der Waals surface area contributed by atoms with E-state index in [-0.39, 0.29) is 11.6 Å². The van der Waals surface area contributed by atoms with Crippen molar-refractivity contribution in [2.24, 2.45) is 0 Å². The van der Waals surface area contributed by atoms with Gasteiger partial charge in [-0.15, -0.1) is 0 Å². The van der Waals surface area contributed by atoms with Crippen molar-refractivity contribution in [3.8, 4) is 5.75 Å². The third-order valence-corrected chi connectivity index (χ3v) is 3.93. The summed E-state index contributed by atoms with van der Waals surface area (Å²) in [4.78, 5) is 0. The molecule has 0 N–H and O–H groups in total. The van der Waals surface area contributed by atoms with E-state index in [0.717, 1.165) is 15.8 Å². The fourth-order valence-corrected chi connectivity index (χ4v) is 2.48. The van der Waals surface area contributed by atoms with E-state index in [4.69, 9.17) is 16.3 Å². The Morgan fingerprint density at radius 2 is 2.00 bits per heavy atom. The van der Waals surface area contributed by atoms with Crippen LogP contribution in [0.3, 0.4) is 0 Å². The highest BCUT2D eigenvalue weighted by atomic mass is 79.9. The summed E-state index contributed by atoms with van der Waals surface area (Å²) in [5.41, 5.74) is 1.75. The molecule has 2 rings (SSSR count). The second-order valence-electron chi connectivity index (χ2n) is 4.84. The smallest absolute Gasteiger partial charge is 0.142 e. The number of halogens is 3. The summed E-state index contributed by atoms with van der Waals surface area (Å²) in [6.07, 6.45) is 0. The SMILES string of the molecule is CC(C)c1cc(Br)ccc1OCc1cccc(F)c1Cl. The van der Waals surface area contributed by atoms with Crippen LogP contribution in [-0.4, -0.2) is 0 Å². The Balaban J connectivity index is 2.21. The van der Waals surface area contributed by atoms with Gasteiger partial charge in [-0.05, 0) is 35.7 Å². The van der Waals surface area contributed by atoms with Gasteiger partial charge in [0.25, 0.3) is 0 Å². The lowest BCUT2D eigenvalue weighted by molar-refractivity contribution is 0.301. The van der Waals surface area contributed by atoms with Crippen molar-refractivity contribution >= 4 is 27.5 Å². The fourth-order valence-electron chi connectivity index (χ4n) is 1.92. The molecule has 2 aromatic carbocycles. The first kappa shape index (κ1) is 15.3. The van der Waals surface area contributed by atoms with Crippen LogP contribution in [0.15, 0.2) is 40.9 Å². The van der Waals surface area contributed by atoms with Gasteiger partial charge in [-0.3, -0.25) is 0 Å². The fraction of sp³-hybridized carbons (Fsp3) is 0.250. The molecule has 1 nitrogen and oxygen atoms in total. The van der Waals surface area contributed by atoms with Gasteiger partial charge in [-0.2, -0.15) is 0 Å². The molecule has 0 saturated carbocycles. The molecule has 0 heterocycles.